The highest BCUT2D eigenvalue weighted by molar-refractivity contribution is 7.18. The van der Waals surface area contributed by atoms with Crippen molar-refractivity contribution in [1.82, 2.24) is 19.9 Å². The first-order valence-corrected chi connectivity index (χ1v) is 14.0. The number of nitro groups is 1. The molecule has 5 rings (SSSR count). The van der Waals surface area contributed by atoms with Crippen LogP contribution in [0.5, 0.6) is 0 Å². The predicted octanol–water partition coefficient (Wildman–Crippen LogP) is 5.60. The summed E-state index contributed by atoms with van der Waals surface area (Å²) in [5.74, 6) is -0.316. The third-order valence-corrected chi connectivity index (χ3v) is 6.58. The van der Waals surface area contributed by atoms with Crippen molar-refractivity contribution >= 4 is 49.8 Å². The maximum Gasteiger partial charge on any atom is 0.345 e. The highest BCUT2D eigenvalue weighted by Gasteiger charge is 2.13. The van der Waals surface area contributed by atoms with Crippen LogP contribution in [-0.4, -0.2) is 36.7 Å². The van der Waals surface area contributed by atoms with E-state index in [-0.39, 0.29) is 28.4 Å². The van der Waals surface area contributed by atoms with Crippen molar-refractivity contribution in [2.75, 3.05) is 10.6 Å². The molecule has 0 atom stereocenters. The summed E-state index contributed by atoms with van der Waals surface area (Å²) in [7, 11) is 0. The average molecular weight is 590 g/mol. The van der Waals surface area contributed by atoms with Crippen LogP contribution in [0.1, 0.15) is 23.6 Å². The molecule has 13 heteroatoms. The normalized spacial score (nSPS) is 9.78. The van der Waals surface area contributed by atoms with Crippen LogP contribution < -0.4 is 10.6 Å². The number of hydrogen-bond donors (Lipinski definition) is 2. The van der Waals surface area contributed by atoms with Crippen molar-refractivity contribution in [3.8, 4) is 0 Å². The highest BCUT2D eigenvalue weighted by atomic mass is 32.1. The second-order valence-electron chi connectivity index (χ2n) is 8.11. The van der Waals surface area contributed by atoms with Crippen molar-refractivity contribution < 1.29 is 14.5 Å². The number of benzene rings is 1. The maximum absolute atomic E-state index is 11.6. The molecule has 0 radical (unpaired) electrons. The summed E-state index contributed by atoms with van der Waals surface area (Å²) >= 11 is 2.24. The Hall–Kier alpha value is -4.88. The zero-order valence-corrected chi connectivity index (χ0v) is 23.7. The molecular formula is C28H27N7O4S2. The van der Waals surface area contributed by atoms with Gasteiger partial charge in [0.15, 0.2) is 10.3 Å². The molecule has 4 heterocycles. The third-order valence-electron chi connectivity index (χ3n) is 5.02. The van der Waals surface area contributed by atoms with Gasteiger partial charge >= 0.3 is 5.00 Å². The lowest BCUT2D eigenvalue weighted by Gasteiger charge is -2.00. The summed E-state index contributed by atoms with van der Waals surface area (Å²) in [5, 5.41) is 18.3. The van der Waals surface area contributed by atoms with Crippen LogP contribution >= 0.6 is 22.7 Å². The summed E-state index contributed by atoms with van der Waals surface area (Å²) in [4.78, 5) is 48.7. The predicted molar refractivity (Wildman–Crippen MR) is 160 cm³/mol. The van der Waals surface area contributed by atoms with Gasteiger partial charge in [-0.1, -0.05) is 49.4 Å². The molecule has 0 fully saturated rings. The molecule has 0 bridgehead atoms. The van der Waals surface area contributed by atoms with Gasteiger partial charge in [-0.3, -0.25) is 29.7 Å². The lowest BCUT2D eigenvalue weighted by atomic mass is 10.1. The molecular weight excluding hydrogens is 562 g/mol. The Morgan fingerprint density at radius 1 is 0.780 bits per heavy atom. The van der Waals surface area contributed by atoms with E-state index >= 15 is 0 Å². The fourth-order valence-electron chi connectivity index (χ4n) is 3.10. The number of carbonyl (C=O) groups is 2. The van der Waals surface area contributed by atoms with Gasteiger partial charge < -0.3 is 10.6 Å². The van der Waals surface area contributed by atoms with Gasteiger partial charge in [-0.05, 0) is 46.6 Å². The largest absolute Gasteiger partial charge is 0.345 e. The van der Waals surface area contributed by atoms with Crippen molar-refractivity contribution in [1.29, 1.82) is 0 Å². The molecule has 41 heavy (non-hydrogen) atoms. The fraction of sp³-hybridized carbons (Fsp3) is 0.143. The molecule has 2 N–H and O–H groups in total. The molecule has 11 nitrogen and oxygen atoms in total. The van der Waals surface area contributed by atoms with Crippen LogP contribution in [0.25, 0.3) is 0 Å². The minimum absolute atomic E-state index is 0.0713. The van der Waals surface area contributed by atoms with Gasteiger partial charge in [-0.15, -0.1) is 11.3 Å². The van der Waals surface area contributed by atoms with E-state index in [4.69, 9.17) is 0 Å². The van der Waals surface area contributed by atoms with E-state index in [2.05, 4.69) is 43.6 Å². The topological polar surface area (TPSA) is 153 Å². The summed E-state index contributed by atoms with van der Waals surface area (Å²) in [6, 6.07) is 16.9. The van der Waals surface area contributed by atoms with Gasteiger partial charge in [-0.2, -0.15) is 0 Å². The molecule has 0 saturated carbocycles. The van der Waals surface area contributed by atoms with Crippen LogP contribution in [0.15, 0.2) is 97.2 Å². The smallest absolute Gasteiger partial charge is 0.302 e. The lowest BCUT2D eigenvalue weighted by Crippen LogP contribution is -2.14. The third kappa shape index (κ3) is 11.8. The van der Waals surface area contributed by atoms with Gasteiger partial charge in [0.05, 0.1) is 17.8 Å². The summed E-state index contributed by atoms with van der Waals surface area (Å²) < 4.78 is 0. The number of anilines is 2. The Kier molecular flexibility index (Phi) is 12.7. The highest BCUT2D eigenvalue weighted by Crippen LogP contribution is 2.25. The van der Waals surface area contributed by atoms with Crippen molar-refractivity contribution in [3.63, 3.8) is 0 Å². The first kappa shape index (κ1) is 30.7. The zero-order valence-electron chi connectivity index (χ0n) is 22.0. The Balaban J connectivity index is 0.000000181. The van der Waals surface area contributed by atoms with E-state index < -0.39 is 4.92 Å². The molecule has 0 spiro atoms. The Morgan fingerprint density at radius 2 is 1.39 bits per heavy atom. The summed E-state index contributed by atoms with van der Waals surface area (Å²) in [6.45, 7) is 2.12. The first-order chi connectivity index (χ1) is 19.9. The molecule has 1 aromatic carbocycles. The Bertz CT molecular complexity index is 1480. The van der Waals surface area contributed by atoms with E-state index in [9.17, 15) is 19.7 Å². The maximum atomic E-state index is 11.6. The van der Waals surface area contributed by atoms with Gasteiger partial charge in [0.2, 0.25) is 11.8 Å². The van der Waals surface area contributed by atoms with Gasteiger partial charge in [0.1, 0.15) is 6.20 Å². The molecule has 0 saturated heterocycles. The first-order valence-electron chi connectivity index (χ1n) is 12.3. The van der Waals surface area contributed by atoms with Crippen LogP contribution in [0, 0.1) is 10.1 Å². The van der Waals surface area contributed by atoms with E-state index in [0.29, 0.717) is 11.6 Å². The van der Waals surface area contributed by atoms with Crippen LogP contribution in [0.4, 0.5) is 15.3 Å². The molecule has 2 amide bonds. The number of rotatable bonds is 8. The summed E-state index contributed by atoms with van der Waals surface area (Å²) in [6.07, 6.45) is 11.4. The molecule has 0 aliphatic rings. The number of thiazole rings is 2. The Morgan fingerprint density at radius 3 is 1.90 bits per heavy atom. The number of nitrogens with zero attached hydrogens (tertiary/aromatic N) is 5. The van der Waals surface area contributed by atoms with E-state index in [0.717, 1.165) is 35.1 Å². The standard InChI is InChI=1S/C11H9N3O3S.C10H9N3OS.C7H9N/c15-9(6-8-4-2-1-3-5-8)13-11-12-7-10(18-11)14(16)17;14-9(13-10-12-4-5-15-10)6-8-2-1-3-11-7-8;1-2-7-4-3-5-8-6-7/h1-5,7H,6H2,(H,12,13,15);1-5,7H,6H2,(H,12,13,14);3-6H,2H2,1H3. The molecule has 0 aliphatic carbocycles. The lowest BCUT2D eigenvalue weighted by molar-refractivity contribution is -0.380. The summed E-state index contributed by atoms with van der Waals surface area (Å²) in [5.41, 5.74) is 3.07. The van der Waals surface area contributed by atoms with E-state index in [1.807, 2.05) is 60.1 Å². The second kappa shape index (κ2) is 16.9. The quantitative estimate of drug-likeness (QED) is 0.175. The average Bonchev–Trinajstić information content (AvgIpc) is 3.68. The number of hydrogen-bond acceptors (Lipinski definition) is 10. The number of amides is 2. The minimum Gasteiger partial charge on any atom is -0.302 e. The molecule has 4 aromatic heterocycles. The number of aromatic nitrogens is 4. The molecule has 0 unspecified atom stereocenters. The van der Waals surface area contributed by atoms with Crippen molar-refractivity contribution in [2.45, 2.75) is 26.2 Å². The van der Waals surface area contributed by atoms with E-state index in [1.165, 1.54) is 16.9 Å². The van der Waals surface area contributed by atoms with Crippen LogP contribution in [0.3, 0.4) is 0 Å². The number of nitrogens with one attached hydrogen (secondary N) is 2. The molecule has 0 aliphatic heterocycles. The number of aryl methyl sites for hydroxylation is 1. The fourth-order valence-corrected chi connectivity index (χ4v) is 4.29. The molecule has 5 aromatic rings. The minimum atomic E-state index is -0.537. The van der Waals surface area contributed by atoms with Gasteiger partial charge in [0, 0.05) is 36.4 Å². The monoisotopic (exact) mass is 589 g/mol. The van der Waals surface area contributed by atoms with E-state index in [1.54, 1.807) is 24.8 Å². The SMILES string of the molecule is CCc1cccnc1.O=C(Cc1ccccc1)Nc1ncc([N+](=O)[O-])s1.O=C(Cc1cccnc1)Nc1nccs1. The number of carbonyl (C=O) groups excluding carboxylic acids is 2. The Labute approximate surface area is 244 Å². The van der Waals surface area contributed by atoms with Gasteiger partial charge in [0.25, 0.3) is 0 Å². The van der Waals surface area contributed by atoms with Crippen LogP contribution in [-0.2, 0) is 28.9 Å². The number of pyridine rings is 2. The second-order valence-corrected chi connectivity index (χ2v) is 10.0. The van der Waals surface area contributed by atoms with Crippen molar-refractivity contribution in [3.05, 3.63) is 124 Å². The van der Waals surface area contributed by atoms with Crippen LogP contribution in [0.2, 0.25) is 0 Å². The zero-order chi connectivity index (χ0) is 29.3. The van der Waals surface area contributed by atoms with Gasteiger partial charge in [-0.25, -0.2) is 9.97 Å². The van der Waals surface area contributed by atoms with Crippen molar-refractivity contribution in [2.24, 2.45) is 0 Å². The molecule has 210 valence electrons.